The second kappa shape index (κ2) is 10.2. The lowest BCUT2D eigenvalue weighted by Crippen LogP contribution is -2.34. The van der Waals surface area contributed by atoms with Gasteiger partial charge < -0.3 is 14.6 Å². The van der Waals surface area contributed by atoms with Crippen molar-refractivity contribution in [3.05, 3.63) is 70.8 Å². The fourth-order valence-electron chi connectivity index (χ4n) is 3.87. The van der Waals surface area contributed by atoms with Gasteiger partial charge in [0.05, 0.1) is 13.7 Å². The number of aliphatic hydroxyl groups is 1. The number of aliphatic hydroxyl groups excluding tert-OH is 1. The van der Waals surface area contributed by atoms with Gasteiger partial charge in [0.1, 0.15) is 12.4 Å². The average molecular weight is 395 g/mol. The summed E-state index contributed by atoms with van der Waals surface area (Å²) in [6.07, 6.45) is 5.22. The minimum Gasteiger partial charge on any atom is -0.492 e. The second-order valence-electron chi connectivity index (χ2n) is 7.29. The number of esters is 1. The van der Waals surface area contributed by atoms with E-state index < -0.39 is 0 Å². The van der Waals surface area contributed by atoms with Crippen LogP contribution in [0.2, 0.25) is 0 Å². The molecule has 0 aromatic heterocycles. The van der Waals surface area contributed by atoms with Gasteiger partial charge in [-0.25, -0.2) is 4.79 Å². The summed E-state index contributed by atoms with van der Waals surface area (Å²) in [5.74, 6) is 0.522. The van der Waals surface area contributed by atoms with Gasteiger partial charge in [-0.05, 0) is 60.2 Å². The summed E-state index contributed by atoms with van der Waals surface area (Å²) < 4.78 is 10.6. The van der Waals surface area contributed by atoms with Crippen LogP contribution in [0.3, 0.4) is 0 Å². The van der Waals surface area contributed by atoms with Gasteiger partial charge in [-0.1, -0.05) is 30.3 Å². The van der Waals surface area contributed by atoms with Crippen LogP contribution >= 0.6 is 0 Å². The van der Waals surface area contributed by atoms with Gasteiger partial charge in [-0.3, -0.25) is 4.90 Å². The Bertz CT molecular complexity index is 862. The number of hydrogen-bond donors (Lipinski definition) is 1. The van der Waals surface area contributed by atoms with E-state index in [-0.39, 0.29) is 18.6 Å². The lowest BCUT2D eigenvalue weighted by atomic mass is 10.0. The molecule has 1 N–H and O–H groups in total. The first-order valence-corrected chi connectivity index (χ1v) is 10.0. The molecule has 0 bridgehead atoms. The molecular formula is C24H29NO4. The van der Waals surface area contributed by atoms with Gasteiger partial charge in [-0.2, -0.15) is 0 Å². The minimum atomic E-state index is -0.355. The third-order valence-corrected chi connectivity index (χ3v) is 5.29. The fourth-order valence-corrected chi connectivity index (χ4v) is 3.87. The van der Waals surface area contributed by atoms with E-state index in [0.29, 0.717) is 13.2 Å². The predicted molar refractivity (Wildman–Crippen MR) is 114 cm³/mol. The van der Waals surface area contributed by atoms with Crippen LogP contribution in [0.1, 0.15) is 34.7 Å². The first kappa shape index (κ1) is 21.1. The number of methoxy groups -OCH3 is 1. The average Bonchev–Trinajstić information content (AvgIpc) is 3.14. The highest BCUT2D eigenvalue weighted by molar-refractivity contribution is 5.86. The highest BCUT2D eigenvalue weighted by Crippen LogP contribution is 2.36. The van der Waals surface area contributed by atoms with Crippen LogP contribution in [0.5, 0.6) is 5.75 Å². The zero-order chi connectivity index (χ0) is 20.6. The maximum Gasteiger partial charge on any atom is 0.330 e. The maximum absolute atomic E-state index is 11.3. The number of ether oxygens (including phenoxy) is 2. The monoisotopic (exact) mass is 395 g/mol. The van der Waals surface area contributed by atoms with Crippen molar-refractivity contribution in [3.8, 4) is 5.75 Å². The van der Waals surface area contributed by atoms with Gasteiger partial charge in [-0.15, -0.1) is 0 Å². The van der Waals surface area contributed by atoms with Crippen molar-refractivity contribution in [3.63, 3.8) is 0 Å². The van der Waals surface area contributed by atoms with Gasteiger partial charge in [0.15, 0.2) is 0 Å². The SMILES string of the molecule is COC(=O)C=Cc1ccc2c(c1)CCC2N(CCO)CCOc1cccc(C)c1. The number of aryl methyl sites for hydroxylation is 2. The number of hydrogen-bond acceptors (Lipinski definition) is 5. The molecule has 154 valence electrons. The lowest BCUT2D eigenvalue weighted by Gasteiger charge is -2.29. The van der Waals surface area contributed by atoms with Gasteiger partial charge in [0.2, 0.25) is 0 Å². The first-order valence-electron chi connectivity index (χ1n) is 10.0. The van der Waals surface area contributed by atoms with Crippen molar-refractivity contribution in [1.29, 1.82) is 0 Å². The molecule has 2 aromatic rings. The fraction of sp³-hybridized carbons (Fsp3) is 0.375. The molecule has 0 saturated heterocycles. The Morgan fingerprint density at radius 1 is 1.24 bits per heavy atom. The van der Waals surface area contributed by atoms with Gasteiger partial charge in [0.25, 0.3) is 0 Å². The number of carbonyl (C=O) groups is 1. The maximum atomic E-state index is 11.3. The van der Waals surface area contributed by atoms with Crippen molar-refractivity contribution in [1.82, 2.24) is 4.90 Å². The molecule has 0 radical (unpaired) electrons. The lowest BCUT2D eigenvalue weighted by molar-refractivity contribution is -0.134. The molecule has 1 unspecified atom stereocenters. The molecule has 5 nitrogen and oxygen atoms in total. The van der Waals surface area contributed by atoms with Crippen LogP contribution in [0, 0.1) is 6.92 Å². The first-order chi connectivity index (χ1) is 14.1. The topological polar surface area (TPSA) is 59.0 Å². The molecule has 0 heterocycles. The summed E-state index contributed by atoms with van der Waals surface area (Å²) in [4.78, 5) is 13.6. The van der Waals surface area contributed by atoms with Crippen LogP contribution < -0.4 is 4.74 Å². The van der Waals surface area contributed by atoms with E-state index in [1.54, 1.807) is 6.08 Å². The number of rotatable bonds is 9. The number of benzene rings is 2. The molecule has 2 aromatic carbocycles. The Hall–Kier alpha value is -2.63. The van der Waals surface area contributed by atoms with Crippen molar-refractivity contribution >= 4 is 12.0 Å². The highest BCUT2D eigenvalue weighted by Gasteiger charge is 2.27. The van der Waals surface area contributed by atoms with Crippen LogP contribution in [-0.4, -0.2) is 49.4 Å². The summed E-state index contributed by atoms with van der Waals surface area (Å²) in [5.41, 5.74) is 4.76. The molecular weight excluding hydrogens is 366 g/mol. The largest absolute Gasteiger partial charge is 0.492 e. The Kier molecular flexibility index (Phi) is 7.44. The van der Waals surface area contributed by atoms with E-state index in [1.165, 1.54) is 29.9 Å². The zero-order valence-electron chi connectivity index (χ0n) is 17.1. The molecule has 0 amide bonds. The third kappa shape index (κ3) is 5.68. The summed E-state index contributed by atoms with van der Waals surface area (Å²) in [5, 5.41) is 9.55. The minimum absolute atomic E-state index is 0.121. The smallest absolute Gasteiger partial charge is 0.330 e. The number of carbonyl (C=O) groups excluding carboxylic acids is 1. The van der Waals surface area contributed by atoms with Crippen molar-refractivity contribution in [2.75, 3.05) is 33.4 Å². The van der Waals surface area contributed by atoms with E-state index in [4.69, 9.17) is 4.74 Å². The molecule has 0 fully saturated rings. The van der Waals surface area contributed by atoms with Crippen LogP contribution in [0.4, 0.5) is 0 Å². The van der Waals surface area contributed by atoms with E-state index >= 15 is 0 Å². The molecule has 0 spiro atoms. The van der Waals surface area contributed by atoms with Crippen LogP contribution in [-0.2, 0) is 16.0 Å². The molecule has 3 rings (SSSR count). The number of nitrogens with zero attached hydrogens (tertiary/aromatic N) is 1. The number of fused-ring (bicyclic) bond motifs is 1. The Labute approximate surface area is 172 Å². The van der Waals surface area contributed by atoms with E-state index in [0.717, 1.165) is 30.7 Å². The van der Waals surface area contributed by atoms with E-state index in [1.807, 2.05) is 24.3 Å². The highest BCUT2D eigenvalue weighted by atomic mass is 16.5. The second-order valence-corrected chi connectivity index (χ2v) is 7.29. The van der Waals surface area contributed by atoms with E-state index in [9.17, 15) is 9.90 Å². The Morgan fingerprint density at radius 2 is 2.10 bits per heavy atom. The van der Waals surface area contributed by atoms with Gasteiger partial charge in [0, 0.05) is 25.2 Å². The molecule has 1 aliphatic rings. The third-order valence-electron chi connectivity index (χ3n) is 5.29. The summed E-state index contributed by atoms with van der Waals surface area (Å²) in [6.45, 7) is 4.12. The molecule has 29 heavy (non-hydrogen) atoms. The van der Waals surface area contributed by atoms with Crippen molar-refractivity contribution in [2.45, 2.75) is 25.8 Å². The van der Waals surface area contributed by atoms with Crippen LogP contribution in [0.15, 0.2) is 48.5 Å². The molecule has 0 saturated carbocycles. The summed E-state index contributed by atoms with van der Waals surface area (Å²) >= 11 is 0. The molecule has 5 heteroatoms. The standard InChI is InChI=1S/C24H29NO4/c1-18-4-3-5-21(16-18)29-15-13-25(12-14-26)23-10-8-20-17-19(6-9-22(20)23)7-11-24(27)28-2/h3-7,9,11,16-17,23,26H,8,10,12-15H2,1-2H3. The predicted octanol–water partition coefficient (Wildman–Crippen LogP) is 3.54. The zero-order valence-corrected chi connectivity index (χ0v) is 17.1. The molecule has 0 aliphatic heterocycles. The normalized spacial score (nSPS) is 15.7. The van der Waals surface area contributed by atoms with Crippen molar-refractivity contribution < 1.29 is 19.4 Å². The van der Waals surface area contributed by atoms with E-state index in [2.05, 4.69) is 34.8 Å². The Balaban J connectivity index is 1.65. The van der Waals surface area contributed by atoms with Gasteiger partial charge >= 0.3 is 5.97 Å². The summed E-state index contributed by atoms with van der Waals surface area (Å²) in [7, 11) is 1.37. The molecule has 1 aliphatic carbocycles. The molecule has 1 atom stereocenters. The Morgan fingerprint density at radius 3 is 2.86 bits per heavy atom. The quantitative estimate of drug-likeness (QED) is 0.520. The summed E-state index contributed by atoms with van der Waals surface area (Å²) in [6, 6.07) is 14.6. The van der Waals surface area contributed by atoms with Crippen molar-refractivity contribution in [2.24, 2.45) is 0 Å². The van der Waals surface area contributed by atoms with Crippen LogP contribution in [0.25, 0.3) is 6.08 Å².